The van der Waals surface area contributed by atoms with Crippen molar-refractivity contribution in [2.45, 2.75) is 9.79 Å². The van der Waals surface area contributed by atoms with Crippen LogP contribution in [0, 0.1) is 0 Å². The van der Waals surface area contributed by atoms with E-state index >= 15 is 0 Å². The molecule has 5 nitrogen and oxygen atoms in total. The van der Waals surface area contributed by atoms with Crippen molar-refractivity contribution < 1.29 is 19.3 Å². The van der Waals surface area contributed by atoms with Gasteiger partial charge in [-0.1, -0.05) is 11.8 Å². The van der Waals surface area contributed by atoms with E-state index in [4.69, 9.17) is 14.2 Å². The molecule has 0 amide bonds. The number of phenols is 1. The molecule has 0 bridgehead atoms. The minimum absolute atomic E-state index is 0.240. The van der Waals surface area contributed by atoms with Gasteiger partial charge in [-0.2, -0.15) is 0 Å². The molecule has 1 aromatic heterocycles. The molecular formula is C17H17NO4S. The lowest BCUT2D eigenvalue weighted by Gasteiger charge is -2.13. The Morgan fingerprint density at radius 2 is 1.65 bits per heavy atom. The van der Waals surface area contributed by atoms with Crippen molar-refractivity contribution in [3.63, 3.8) is 0 Å². The Hall–Kier alpha value is -2.47. The topological polar surface area (TPSA) is 63.7 Å². The number of methoxy groups -OCH3 is 3. The number of aromatic hydroxyl groups is 1. The molecule has 0 fully saturated rings. The lowest BCUT2D eigenvalue weighted by atomic mass is 10.2. The summed E-state index contributed by atoms with van der Waals surface area (Å²) in [5.41, 5.74) is 0.970. The van der Waals surface area contributed by atoms with Crippen LogP contribution in [0.15, 0.2) is 46.3 Å². The van der Waals surface area contributed by atoms with Crippen molar-refractivity contribution in [1.82, 2.24) is 4.98 Å². The molecule has 0 saturated carbocycles. The van der Waals surface area contributed by atoms with Crippen molar-refractivity contribution >= 4 is 22.7 Å². The first-order valence-corrected chi connectivity index (χ1v) is 7.76. The Morgan fingerprint density at radius 3 is 2.26 bits per heavy atom. The maximum absolute atomic E-state index is 9.69. The van der Waals surface area contributed by atoms with Gasteiger partial charge in [0.1, 0.15) is 5.75 Å². The Bertz CT molecular complexity index is 819. The number of H-pyrrole nitrogens is 1. The van der Waals surface area contributed by atoms with Crippen LogP contribution in [0.4, 0.5) is 0 Å². The molecule has 120 valence electrons. The highest BCUT2D eigenvalue weighted by Crippen LogP contribution is 2.43. The summed E-state index contributed by atoms with van der Waals surface area (Å²) in [5, 5.41) is 10.7. The van der Waals surface area contributed by atoms with E-state index in [1.54, 1.807) is 45.2 Å². The fourth-order valence-electron chi connectivity index (χ4n) is 2.41. The molecule has 3 aromatic rings. The second kappa shape index (κ2) is 6.34. The second-order valence-electron chi connectivity index (χ2n) is 4.85. The summed E-state index contributed by atoms with van der Waals surface area (Å²) in [6.45, 7) is 0. The van der Waals surface area contributed by atoms with Crippen LogP contribution in [-0.2, 0) is 0 Å². The number of ether oxygens (including phenoxy) is 3. The minimum Gasteiger partial charge on any atom is -0.508 e. The molecule has 0 unspecified atom stereocenters. The van der Waals surface area contributed by atoms with Crippen LogP contribution in [0.1, 0.15) is 0 Å². The molecular weight excluding hydrogens is 314 g/mol. The second-order valence-corrected chi connectivity index (χ2v) is 5.96. The van der Waals surface area contributed by atoms with Crippen LogP contribution in [0.25, 0.3) is 10.9 Å². The van der Waals surface area contributed by atoms with Gasteiger partial charge in [-0.25, -0.2) is 0 Å². The van der Waals surface area contributed by atoms with Gasteiger partial charge in [0.25, 0.3) is 0 Å². The molecule has 2 N–H and O–H groups in total. The summed E-state index contributed by atoms with van der Waals surface area (Å²) in [4.78, 5) is 5.15. The average molecular weight is 331 g/mol. The molecule has 0 aliphatic rings. The highest BCUT2D eigenvalue weighted by atomic mass is 32.2. The number of fused-ring (bicyclic) bond motifs is 1. The van der Waals surface area contributed by atoms with Gasteiger partial charge in [0.2, 0.25) is 5.75 Å². The van der Waals surface area contributed by atoms with Gasteiger partial charge < -0.3 is 24.3 Å². The van der Waals surface area contributed by atoms with Crippen molar-refractivity contribution in [1.29, 1.82) is 0 Å². The maximum Gasteiger partial charge on any atom is 0.203 e. The largest absolute Gasteiger partial charge is 0.508 e. The van der Waals surface area contributed by atoms with Crippen LogP contribution >= 0.6 is 11.8 Å². The van der Waals surface area contributed by atoms with E-state index in [-0.39, 0.29) is 5.75 Å². The van der Waals surface area contributed by atoms with Crippen LogP contribution in [0.2, 0.25) is 0 Å². The van der Waals surface area contributed by atoms with Crippen LogP contribution in [0.3, 0.4) is 0 Å². The van der Waals surface area contributed by atoms with Gasteiger partial charge in [-0.05, 0) is 30.3 Å². The predicted octanol–water partition coefficient (Wildman–Crippen LogP) is 4.05. The lowest BCUT2D eigenvalue weighted by Crippen LogP contribution is -1.95. The van der Waals surface area contributed by atoms with Gasteiger partial charge in [0.15, 0.2) is 11.5 Å². The van der Waals surface area contributed by atoms with Crippen molar-refractivity contribution in [2.75, 3.05) is 21.3 Å². The van der Waals surface area contributed by atoms with E-state index in [0.717, 1.165) is 20.7 Å². The molecule has 0 saturated heterocycles. The molecule has 0 spiro atoms. The Labute approximate surface area is 138 Å². The molecule has 6 heteroatoms. The molecule has 0 radical (unpaired) electrons. The Kier molecular flexibility index (Phi) is 4.25. The Morgan fingerprint density at radius 1 is 0.957 bits per heavy atom. The number of benzene rings is 2. The van der Waals surface area contributed by atoms with E-state index in [9.17, 15) is 5.11 Å². The van der Waals surface area contributed by atoms with E-state index in [2.05, 4.69) is 4.98 Å². The summed E-state index contributed by atoms with van der Waals surface area (Å²) in [6.07, 6.45) is 1.91. The van der Waals surface area contributed by atoms with Gasteiger partial charge >= 0.3 is 0 Å². The quantitative estimate of drug-likeness (QED) is 0.738. The molecule has 0 atom stereocenters. The van der Waals surface area contributed by atoms with Gasteiger partial charge in [-0.3, -0.25) is 0 Å². The number of aromatic nitrogens is 1. The van der Waals surface area contributed by atoms with E-state index < -0.39 is 0 Å². The number of phenolic OH excluding ortho intramolecular Hbond substituents is 1. The summed E-state index contributed by atoms with van der Waals surface area (Å²) in [5.74, 6) is 2.02. The fraction of sp³-hybridized carbons (Fsp3) is 0.176. The maximum atomic E-state index is 9.69. The first kappa shape index (κ1) is 15.4. The molecule has 0 aliphatic heterocycles. The summed E-state index contributed by atoms with van der Waals surface area (Å²) in [7, 11) is 4.76. The number of aromatic amines is 1. The van der Waals surface area contributed by atoms with E-state index in [1.165, 1.54) is 0 Å². The first-order chi connectivity index (χ1) is 11.2. The van der Waals surface area contributed by atoms with E-state index in [1.807, 2.05) is 24.4 Å². The first-order valence-electron chi connectivity index (χ1n) is 6.94. The molecule has 23 heavy (non-hydrogen) atoms. The fourth-order valence-corrected chi connectivity index (χ4v) is 3.39. The minimum atomic E-state index is 0.240. The zero-order valence-electron chi connectivity index (χ0n) is 13.0. The van der Waals surface area contributed by atoms with E-state index in [0.29, 0.717) is 17.2 Å². The van der Waals surface area contributed by atoms with Crippen LogP contribution in [-0.4, -0.2) is 31.4 Å². The van der Waals surface area contributed by atoms with Gasteiger partial charge in [-0.15, -0.1) is 0 Å². The van der Waals surface area contributed by atoms with Crippen molar-refractivity contribution in [3.05, 3.63) is 36.5 Å². The number of rotatable bonds is 5. The van der Waals surface area contributed by atoms with Gasteiger partial charge in [0.05, 0.1) is 21.3 Å². The van der Waals surface area contributed by atoms with Crippen LogP contribution in [0.5, 0.6) is 23.0 Å². The smallest absolute Gasteiger partial charge is 0.203 e. The number of hydrogen-bond acceptors (Lipinski definition) is 5. The summed E-state index contributed by atoms with van der Waals surface area (Å²) >= 11 is 1.55. The monoisotopic (exact) mass is 331 g/mol. The zero-order valence-corrected chi connectivity index (χ0v) is 13.9. The average Bonchev–Trinajstić information content (AvgIpc) is 2.96. The highest BCUT2D eigenvalue weighted by molar-refractivity contribution is 7.99. The zero-order chi connectivity index (χ0) is 16.4. The molecule has 3 rings (SSSR count). The summed E-state index contributed by atoms with van der Waals surface area (Å²) in [6, 6.07) is 9.05. The lowest BCUT2D eigenvalue weighted by molar-refractivity contribution is 0.323. The van der Waals surface area contributed by atoms with Crippen LogP contribution < -0.4 is 14.2 Å². The predicted molar refractivity (Wildman–Crippen MR) is 90.2 cm³/mol. The third-order valence-electron chi connectivity index (χ3n) is 3.49. The highest BCUT2D eigenvalue weighted by Gasteiger charge is 2.15. The van der Waals surface area contributed by atoms with Crippen molar-refractivity contribution in [2.24, 2.45) is 0 Å². The molecule has 2 aromatic carbocycles. The SMILES string of the molecule is COc1cc(Sc2c[nH]c3ccc(O)cc23)cc(OC)c1OC. The third kappa shape index (κ3) is 2.90. The normalized spacial score (nSPS) is 10.7. The number of nitrogens with one attached hydrogen (secondary N) is 1. The molecule has 1 heterocycles. The molecule has 0 aliphatic carbocycles. The van der Waals surface area contributed by atoms with Crippen molar-refractivity contribution in [3.8, 4) is 23.0 Å². The number of hydrogen-bond donors (Lipinski definition) is 2. The van der Waals surface area contributed by atoms with Gasteiger partial charge in [0, 0.05) is 26.9 Å². The summed E-state index contributed by atoms with van der Waals surface area (Å²) < 4.78 is 16.1. The standard InChI is InChI=1S/C17H17NO4S/c1-20-14-7-11(8-15(21-2)17(14)22-3)23-16-9-18-13-5-4-10(19)6-12(13)16/h4-9,18-19H,1-3H3. The Balaban J connectivity index is 2.03. The third-order valence-corrected chi connectivity index (χ3v) is 4.52.